The molecule has 0 spiro atoms. The zero-order valence-corrected chi connectivity index (χ0v) is 15.7. The summed E-state index contributed by atoms with van der Waals surface area (Å²) in [6, 6.07) is 12.4. The van der Waals surface area contributed by atoms with Gasteiger partial charge in [0.1, 0.15) is 18.6 Å². The quantitative estimate of drug-likeness (QED) is 0.674. The Morgan fingerprint density at radius 1 is 1.21 bits per heavy atom. The van der Waals surface area contributed by atoms with Crippen molar-refractivity contribution in [3.05, 3.63) is 54.6 Å². The Morgan fingerprint density at radius 2 is 2.11 bits per heavy atom. The van der Waals surface area contributed by atoms with E-state index in [1.807, 2.05) is 12.1 Å². The van der Waals surface area contributed by atoms with E-state index in [-0.39, 0.29) is 12.5 Å². The van der Waals surface area contributed by atoms with Crippen molar-refractivity contribution in [2.45, 2.75) is 25.9 Å². The summed E-state index contributed by atoms with van der Waals surface area (Å²) >= 11 is 0. The summed E-state index contributed by atoms with van der Waals surface area (Å²) in [7, 11) is 0. The molecule has 3 aromatic rings. The number of piperidine rings is 1. The standard InChI is InChI=1S/C20H24N6O2/c27-20(14-26-15-22-23-24-26)21-12-16-6-8-25(9-7-16)13-17-3-1-4-18(11-17)19-5-2-10-28-19/h1-5,10-11,15-16H,6-9,12-14H2,(H,21,27). The van der Waals surface area contributed by atoms with Gasteiger partial charge in [-0.2, -0.15) is 0 Å². The number of likely N-dealkylation sites (tertiary alicyclic amines) is 1. The lowest BCUT2D eigenvalue weighted by Crippen LogP contribution is -2.39. The molecule has 1 aliphatic heterocycles. The lowest BCUT2D eigenvalue weighted by atomic mass is 9.96. The van der Waals surface area contributed by atoms with Gasteiger partial charge >= 0.3 is 0 Å². The van der Waals surface area contributed by atoms with Gasteiger partial charge in [0, 0.05) is 18.7 Å². The number of hydrogen-bond donors (Lipinski definition) is 1. The molecule has 0 atom stereocenters. The average molecular weight is 380 g/mol. The first-order chi connectivity index (χ1) is 13.8. The van der Waals surface area contributed by atoms with Gasteiger partial charge in [-0.15, -0.1) is 5.10 Å². The molecule has 4 rings (SSSR count). The summed E-state index contributed by atoms with van der Waals surface area (Å²) in [6.45, 7) is 3.89. The van der Waals surface area contributed by atoms with Gasteiger partial charge in [-0.1, -0.05) is 18.2 Å². The lowest BCUT2D eigenvalue weighted by molar-refractivity contribution is -0.122. The first kappa shape index (κ1) is 18.4. The van der Waals surface area contributed by atoms with Crippen LogP contribution in [0.3, 0.4) is 0 Å². The molecule has 2 aromatic heterocycles. The van der Waals surface area contributed by atoms with Crippen molar-refractivity contribution in [3.8, 4) is 11.3 Å². The maximum Gasteiger partial charge on any atom is 0.241 e. The monoisotopic (exact) mass is 380 g/mol. The molecule has 0 aliphatic carbocycles. The second-order valence-corrected chi connectivity index (χ2v) is 7.21. The Labute approximate surface area is 163 Å². The molecule has 1 amide bonds. The molecular formula is C20H24N6O2. The molecule has 1 aliphatic rings. The number of nitrogens with one attached hydrogen (secondary N) is 1. The molecule has 3 heterocycles. The Bertz CT molecular complexity index is 870. The van der Waals surface area contributed by atoms with E-state index in [0.29, 0.717) is 12.5 Å². The number of carbonyl (C=O) groups is 1. The smallest absolute Gasteiger partial charge is 0.241 e. The highest BCUT2D eigenvalue weighted by Gasteiger charge is 2.20. The molecule has 8 heteroatoms. The number of tetrazole rings is 1. The average Bonchev–Trinajstić information content (AvgIpc) is 3.42. The van der Waals surface area contributed by atoms with Crippen LogP contribution in [-0.4, -0.2) is 50.6 Å². The number of amides is 1. The molecule has 0 radical (unpaired) electrons. The van der Waals surface area contributed by atoms with E-state index < -0.39 is 0 Å². The van der Waals surface area contributed by atoms with Crippen molar-refractivity contribution in [1.82, 2.24) is 30.4 Å². The van der Waals surface area contributed by atoms with E-state index in [1.165, 1.54) is 16.6 Å². The molecule has 28 heavy (non-hydrogen) atoms. The Morgan fingerprint density at radius 3 is 2.86 bits per heavy atom. The SMILES string of the molecule is O=C(Cn1cnnn1)NCC1CCN(Cc2cccc(-c3ccco3)c2)CC1. The first-order valence-corrected chi connectivity index (χ1v) is 9.59. The fraction of sp³-hybridized carbons (Fsp3) is 0.400. The van der Waals surface area contributed by atoms with Gasteiger partial charge in [-0.3, -0.25) is 9.69 Å². The number of benzene rings is 1. The Kier molecular flexibility index (Phi) is 5.77. The third kappa shape index (κ3) is 4.83. The highest BCUT2D eigenvalue weighted by Crippen LogP contribution is 2.23. The normalized spacial score (nSPS) is 15.6. The highest BCUT2D eigenvalue weighted by molar-refractivity contribution is 5.75. The molecule has 146 valence electrons. The van der Waals surface area contributed by atoms with Crippen LogP contribution in [0.25, 0.3) is 11.3 Å². The highest BCUT2D eigenvalue weighted by atomic mass is 16.3. The molecule has 8 nitrogen and oxygen atoms in total. The van der Waals surface area contributed by atoms with Crippen molar-refractivity contribution in [2.24, 2.45) is 5.92 Å². The minimum atomic E-state index is -0.0514. The topological polar surface area (TPSA) is 89.1 Å². The van der Waals surface area contributed by atoms with Crippen molar-refractivity contribution in [1.29, 1.82) is 0 Å². The lowest BCUT2D eigenvalue weighted by Gasteiger charge is -2.32. The number of furan rings is 1. The van der Waals surface area contributed by atoms with Crippen LogP contribution in [0.5, 0.6) is 0 Å². The fourth-order valence-electron chi connectivity index (χ4n) is 3.59. The minimum Gasteiger partial charge on any atom is -0.464 e. The van der Waals surface area contributed by atoms with Crippen molar-refractivity contribution in [2.75, 3.05) is 19.6 Å². The molecule has 0 bridgehead atoms. The summed E-state index contributed by atoms with van der Waals surface area (Å²) < 4.78 is 6.92. The summed E-state index contributed by atoms with van der Waals surface area (Å²) in [4.78, 5) is 14.4. The number of nitrogens with zero attached hydrogens (tertiary/aromatic N) is 5. The van der Waals surface area contributed by atoms with Crippen molar-refractivity contribution >= 4 is 5.91 Å². The van der Waals surface area contributed by atoms with Crippen LogP contribution < -0.4 is 5.32 Å². The number of aromatic nitrogens is 4. The number of hydrogen-bond acceptors (Lipinski definition) is 6. The fourth-order valence-corrected chi connectivity index (χ4v) is 3.59. The van der Waals surface area contributed by atoms with Gasteiger partial charge in [0.15, 0.2) is 0 Å². The minimum absolute atomic E-state index is 0.0514. The summed E-state index contributed by atoms with van der Waals surface area (Å²) in [5, 5.41) is 13.8. The second kappa shape index (κ2) is 8.79. The summed E-state index contributed by atoms with van der Waals surface area (Å²) in [6.07, 6.45) is 5.32. The van der Waals surface area contributed by atoms with Gasteiger partial charge < -0.3 is 9.73 Å². The van der Waals surface area contributed by atoms with E-state index in [4.69, 9.17) is 4.42 Å². The third-order valence-corrected chi connectivity index (χ3v) is 5.13. The van der Waals surface area contributed by atoms with Gasteiger partial charge in [0.2, 0.25) is 5.91 Å². The van der Waals surface area contributed by atoms with Gasteiger partial charge in [-0.05, 0) is 66.0 Å². The number of carbonyl (C=O) groups excluding carboxylic acids is 1. The maximum atomic E-state index is 11.9. The van der Waals surface area contributed by atoms with Crippen molar-refractivity contribution < 1.29 is 9.21 Å². The number of rotatable bonds is 7. The van der Waals surface area contributed by atoms with Gasteiger partial charge in [0.05, 0.1) is 6.26 Å². The second-order valence-electron chi connectivity index (χ2n) is 7.21. The van der Waals surface area contributed by atoms with E-state index >= 15 is 0 Å². The van der Waals surface area contributed by atoms with Crippen LogP contribution >= 0.6 is 0 Å². The Hall–Kier alpha value is -3.00. The Balaban J connectivity index is 1.21. The van der Waals surface area contributed by atoms with Gasteiger partial charge in [-0.25, -0.2) is 4.68 Å². The molecule has 1 fully saturated rings. The van der Waals surface area contributed by atoms with Gasteiger partial charge in [0.25, 0.3) is 0 Å². The van der Waals surface area contributed by atoms with Crippen LogP contribution in [0.15, 0.2) is 53.4 Å². The van der Waals surface area contributed by atoms with Crippen molar-refractivity contribution in [3.63, 3.8) is 0 Å². The van der Waals surface area contributed by atoms with E-state index in [1.54, 1.807) is 6.26 Å². The zero-order valence-electron chi connectivity index (χ0n) is 15.7. The van der Waals surface area contributed by atoms with Crippen LogP contribution in [0, 0.1) is 5.92 Å². The largest absolute Gasteiger partial charge is 0.464 e. The third-order valence-electron chi connectivity index (χ3n) is 5.13. The van der Waals surface area contributed by atoms with E-state index in [2.05, 4.69) is 50.0 Å². The van der Waals surface area contributed by atoms with E-state index in [0.717, 1.165) is 43.8 Å². The summed E-state index contributed by atoms with van der Waals surface area (Å²) in [5.74, 6) is 1.37. The molecule has 0 unspecified atom stereocenters. The molecular weight excluding hydrogens is 356 g/mol. The first-order valence-electron chi connectivity index (χ1n) is 9.59. The van der Waals surface area contributed by atoms with Crippen LogP contribution in [0.4, 0.5) is 0 Å². The van der Waals surface area contributed by atoms with Crippen LogP contribution in [0.2, 0.25) is 0 Å². The molecule has 1 saturated heterocycles. The molecule has 1 aromatic carbocycles. The molecule has 1 N–H and O–H groups in total. The predicted octanol–water partition coefficient (Wildman–Crippen LogP) is 1.96. The van der Waals surface area contributed by atoms with Crippen LogP contribution in [0.1, 0.15) is 18.4 Å². The van der Waals surface area contributed by atoms with Crippen LogP contribution in [-0.2, 0) is 17.9 Å². The van der Waals surface area contributed by atoms with E-state index in [9.17, 15) is 4.79 Å². The summed E-state index contributed by atoms with van der Waals surface area (Å²) in [5.41, 5.74) is 2.41. The zero-order chi connectivity index (χ0) is 19.2. The molecule has 0 saturated carbocycles. The predicted molar refractivity (Wildman–Crippen MR) is 103 cm³/mol. The maximum absolute atomic E-state index is 11.9.